The predicted molar refractivity (Wildman–Crippen MR) is 83.7 cm³/mol. The molecule has 0 heterocycles. The van der Waals surface area contributed by atoms with E-state index in [1.807, 2.05) is 0 Å². The molecule has 0 aromatic heterocycles. The summed E-state index contributed by atoms with van der Waals surface area (Å²) in [5.41, 5.74) is 0. The van der Waals surface area contributed by atoms with Gasteiger partial charge < -0.3 is 9.84 Å². The van der Waals surface area contributed by atoms with Crippen molar-refractivity contribution in [3.8, 4) is 0 Å². The molecule has 1 atom stereocenters. The van der Waals surface area contributed by atoms with Gasteiger partial charge in [-0.05, 0) is 19.3 Å². The molecular formula is C17H34O3. The molecule has 120 valence electrons. The van der Waals surface area contributed by atoms with E-state index in [9.17, 15) is 9.90 Å². The molecule has 0 aromatic rings. The van der Waals surface area contributed by atoms with Crippen LogP contribution in [0.25, 0.3) is 0 Å². The van der Waals surface area contributed by atoms with E-state index in [1.165, 1.54) is 39.2 Å². The van der Waals surface area contributed by atoms with Gasteiger partial charge in [0.2, 0.25) is 0 Å². The molecule has 1 N–H and O–H groups in total. The molecule has 20 heavy (non-hydrogen) atoms. The van der Waals surface area contributed by atoms with Gasteiger partial charge in [-0.1, -0.05) is 64.7 Å². The molecule has 0 aromatic carbocycles. The van der Waals surface area contributed by atoms with Crippen molar-refractivity contribution in [3.63, 3.8) is 0 Å². The normalized spacial score (nSPS) is 12.3. The van der Waals surface area contributed by atoms with Crippen molar-refractivity contribution in [3.05, 3.63) is 0 Å². The summed E-state index contributed by atoms with van der Waals surface area (Å²) in [6.45, 7) is 2.22. The van der Waals surface area contributed by atoms with Gasteiger partial charge in [0.25, 0.3) is 0 Å². The Kier molecular flexibility index (Phi) is 14.4. The Morgan fingerprint density at radius 2 is 1.40 bits per heavy atom. The minimum Gasteiger partial charge on any atom is -0.469 e. The molecule has 0 bridgehead atoms. The van der Waals surface area contributed by atoms with Gasteiger partial charge in [0.05, 0.1) is 13.2 Å². The van der Waals surface area contributed by atoms with Crippen LogP contribution in [0.5, 0.6) is 0 Å². The maximum Gasteiger partial charge on any atom is 0.305 e. The zero-order chi connectivity index (χ0) is 15.1. The average molecular weight is 286 g/mol. The second-order valence-corrected chi connectivity index (χ2v) is 5.74. The van der Waals surface area contributed by atoms with Gasteiger partial charge >= 0.3 is 5.97 Å². The number of aliphatic hydroxyl groups is 1. The third kappa shape index (κ3) is 13.9. The summed E-state index contributed by atoms with van der Waals surface area (Å²) in [5.74, 6) is -0.108. The van der Waals surface area contributed by atoms with Gasteiger partial charge in [-0.15, -0.1) is 0 Å². The summed E-state index contributed by atoms with van der Waals surface area (Å²) in [6.07, 6.45) is 14.1. The summed E-state index contributed by atoms with van der Waals surface area (Å²) >= 11 is 0. The van der Waals surface area contributed by atoms with E-state index in [1.54, 1.807) is 0 Å². The molecule has 0 aliphatic carbocycles. The molecule has 0 radical (unpaired) electrons. The number of rotatable bonds is 14. The Morgan fingerprint density at radius 3 is 1.95 bits per heavy atom. The zero-order valence-electron chi connectivity index (χ0n) is 13.5. The van der Waals surface area contributed by atoms with E-state index in [2.05, 4.69) is 11.7 Å². The van der Waals surface area contributed by atoms with Crippen LogP contribution in [0.2, 0.25) is 0 Å². The van der Waals surface area contributed by atoms with Crippen LogP contribution in [0.1, 0.15) is 90.4 Å². The van der Waals surface area contributed by atoms with Gasteiger partial charge in [-0.2, -0.15) is 0 Å². The SMILES string of the molecule is CCCCCCCC(O)CCCCCCCC(=O)OC. The Labute approximate surface area is 125 Å². The molecule has 0 aliphatic heterocycles. The summed E-state index contributed by atoms with van der Waals surface area (Å²) in [7, 11) is 1.44. The standard InChI is InChI=1S/C17H34O3/c1-3-4-5-7-10-13-16(18)14-11-8-6-9-12-15-17(19)20-2/h16,18H,3-15H2,1-2H3. The van der Waals surface area contributed by atoms with Gasteiger partial charge in [0, 0.05) is 6.42 Å². The fourth-order valence-corrected chi connectivity index (χ4v) is 2.41. The molecule has 3 nitrogen and oxygen atoms in total. The van der Waals surface area contributed by atoms with Gasteiger partial charge in [0.15, 0.2) is 0 Å². The molecule has 0 saturated heterocycles. The Balaban J connectivity index is 3.18. The van der Waals surface area contributed by atoms with Crippen molar-refractivity contribution in [2.45, 2.75) is 96.5 Å². The highest BCUT2D eigenvalue weighted by Gasteiger charge is 2.04. The highest BCUT2D eigenvalue weighted by Crippen LogP contribution is 2.13. The lowest BCUT2D eigenvalue weighted by Crippen LogP contribution is -2.06. The first kappa shape index (κ1) is 19.4. The fraction of sp³-hybridized carbons (Fsp3) is 0.941. The van der Waals surface area contributed by atoms with Crippen LogP contribution in [0.4, 0.5) is 0 Å². The second kappa shape index (κ2) is 14.8. The van der Waals surface area contributed by atoms with Crippen LogP contribution in [0.15, 0.2) is 0 Å². The number of hydrogen-bond acceptors (Lipinski definition) is 3. The van der Waals surface area contributed by atoms with Crippen molar-refractivity contribution in [2.24, 2.45) is 0 Å². The van der Waals surface area contributed by atoms with E-state index in [4.69, 9.17) is 0 Å². The molecule has 0 spiro atoms. The molecule has 0 aliphatic rings. The number of carbonyl (C=O) groups excluding carboxylic acids is 1. The highest BCUT2D eigenvalue weighted by atomic mass is 16.5. The molecule has 1 unspecified atom stereocenters. The third-order valence-electron chi connectivity index (χ3n) is 3.79. The van der Waals surface area contributed by atoms with Crippen molar-refractivity contribution in [1.29, 1.82) is 0 Å². The molecule has 0 saturated carbocycles. The first-order valence-corrected chi connectivity index (χ1v) is 8.45. The van der Waals surface area contributed by atoms with E-state index in [0.717, 1.165) is 44.9 Å². The van der Waals surface area contributed by atoms with Crippen molar-refractivity contribution < 1.29 is 14.6 Å². The number of ether oxygens (including phenoxy) is 1. The fourth-order valence-electron chi connectivity index (χ4n) is 2.41. The smallest absolute Gasteiger partial charge is 0.305 e. The summed E-state index contributed by atoms with van der Waals surface area (Å²) in [4.78, 5) is 10.9. The van der Waals surface area contributed by atoms with E-state index >= 15 is 0 Å². The van der Waals surface area contributed by atoms with Gasteiger partial charge in [-0.3, -0.25) is 4.79 Å². The van der Waals surface area contributed by atoms with Gasteiger partial charge in [0.1, 0.15) is 0 Å². The monoisotopic (exact) mass is 286 g/mol. The Bertz CT molecular complexity index is 216. The number of esters is 1. The van der Waals surface area contributed by atoms with Crippen LogP contribution < -0.4 is 0 Å². The second-order valence-electron chi connectivity index (χ2n) is 5.74. The van der Waals surface area contributed by atoms with Crippen LogP contribution >= 0.6 is 0 Å². The van der Waals surface area contributed by atoms with Crippen molar-refractivity contribution >= 4 is 5.97 Å². The Hall–Kier alpha value is -0.570. The largest absolute Gasteiger partial charge is 0.469 e. The minimum absolute atomic E-state index is 0.105. The molecule has 0 amide bonds. The maximum atomic E-state index is 10.9. The van der Waals surface area contributed by atoms with Crippen LogP contribution in [0.3, 0.4) is 0 Å². The summed E-state index contributed by atoms with van der Waals surface area (Å²) in [6, 6.07) is 0. The van der Waals surface area contributed by atoms with Crippen LogP contribution in [0, 0.1) is 0 Å². The Morgan fingerprint density at radius 1 is 0.900 bits per heavy atom. The van der Waals surface area contributed by atoms with E-state index < -0.39 is 0 Å². The van der Waals surface area contributed by atoms with E-state index in [0.29, 0.717) is 6.42 Å². The molecular weight excluding hydrogens is 252 g/mol. The maximum absolute atomic E-state index is 10.9. The topological polar surface area (TPSA) is 46.5 Å². The number of unbranched alkanes of at least 4 members (excludes halogenated alkanes) is 8. The number of methoxy groups -OCH3 is 1. The number of hydrogen-bond donors (Lipinski definition) is 1. The molecule has 0 fully saturated rings. The highest BCUT2D eigenvalue weighted by molar-refractivity contribution is 5.68. The zero-order valence-corrected chi connectivity index (χ0v) is 13.5. The summed E-state index contributed by atoms with van der Waals surface area (Å²) in [5, 5.41) is 9.85. The van der Waals surface area contributed by atoms with Gasteiger partial charge in [-0.25, -0.2) is 0 Å². The van der Waals surface area contributed by atoms with Crippen LogP contribution in [-0.2, 0) is 9.53 Å². The lowest BCUT2D eigenvalue weighted by Gasteiger charge is -2.10. The lowest BCUT2D eigenvalue weighted by molar-refractivity contribution is -0.140. The first-order valence-electron chi connectivity index (χ1n) is 8.45. The quantitative estimate of drug-likeness (QED) is 0.374. The third-order valence-corrected chi connectivity index (χ3v) is 3.79. The van der Waals surface area contributed by atoms with Crippen LogP contribution in [-0.4, -0.2) is 24.3 Å². The number of carbonyl (C=O) groups is 1. The predicted octanol–water partition coefficient (Wildman–Crippen LogP) is 4.61. The summed E-state index contributed by atoms with van der Waals surface area (Å²) < 4.78 is 4.60. The molecule has 0 rings (SSSR count). The molecule has 3 heteroatoms. The lowest BCUT2D eigenvalue weighted by atomic mass is 10.0. The average Bonchev–Trinajstić information content (AvgIpc) is 2.45. The van der Waals surface area contributed by atoms with E-state index in [-0.39, 0.29) is 12.1 Å². The number of aliphatic hydroxyl groups excluding tert-OH is 1. The van der Waals surface area contributed by atoms with Crippen molar-refractivity contribution in [2.75, 3.05) is 7.11 Å². The van der Waals surface area contributed by atoms with Crippen molar-refractivity contribution in [1.82, 2.24) is 0 Å². The minimum atomic E-state index is -0.108. The first-order chi connectivity index (χ1) is 9.70.